The maximum Gasteiger partial charge on any atom is 0.272 e. The van der Waals surface area contributed by atoms with Gasteiger partial charge in [-0.15, -0.1) is 16.4 Å². The molecule has 0 bridgehead atoms. The van der Waals surface area contributed by atoms with Gasteiger partial charge in [-0.1, -0.05) is 6.92 Å². The molecule has 0 radical (unpaired) electrons. The predicted octanol–water partition coefficient (Wildman–Crippen LogP) is 1.45. The number of aromatic nitrogens is 2. The second-order valence-corrected chi connectivity index (χ2v) is 6.59. The van der Waals surface area contributed by atoms with Crippen molar-refractivity contribution in [3.63, 3.8) is 0 Å². The van der Waals surface area contributed by atoms with Gasteiger partial charge >= 0.3 is 0 Å². The summed E-state index contributed by atoms with van der Waals surface area (Å²) in [6.45, 7) is 3.50. The van der Waals surface area contributed by atoms with E-state index in [2.05, 4.69) is 20.2 Å². The highest BCUT2D eigenvalue weighted by Crippen LogP contribution is 2.22. The van der Waals surface area contributed by atoms with Crippen molar-refractivity contribution in [2.75, 3.05) is 11.3 Å². The number of anilines is 1. The van der Waals surface area contributed by atoms with Crippen LogP contribution in [0.5, 0.6) is 0 Å². The Morgan fingerprint density at radius 1 is 1.42 bits per heavy atom. The molecule has 0 aliphatic heterocycles. The third-order valence-corrected chi connectivity index (χ3v) is 5.13. The van der Waals surface area contributed by atoms with Gasteiger partial charge in [0.15, 0.2) is 5.82 Å². The molecule has 0 aliphatic carbocycles. The fourth-order valence-electron chi connectivity index (χ4n) is 1.40. The van der Waals surface area contributed by atoms with E-state index < -0.39 is 10.0 Å². The lowest BCUT2D eigenvalue weighted by atomic mass is 10.3. The zero-order valence-electron chi connectivity index (χ0n) is 10.3. The highest BCUT2D eigenvalue weighted by molar-refractivity contribution is 7.94. The second-order valence-electron chi connectivity index (χ2n) is 3.77. The summed E-state index contributed by atoms with van der Waals surface area (Å²) in [7, 11) is -3.58. The van der Waals surface area contributed by atoms with Crippen LogP contribution < -0.4 is 10.0 Å². The van der Waals surface area contributed by atoms with E-state index in [1.54, 1.807) is 18.2 Å². The minimum atomic E-state index is -3.58. The first-order valence-electron chi connectivity index (χ1n) is 5.70. The average Bonchev–Trinajstić information content (AvgIpc) is 2.86. The Hall–Kier alpha value is -1.51. The van der Waals surface area contributed by atoms with Gasteiger partial charge in [0.05, 0.1) is 0 Å². The molecule has 2 aromatic rings. The summed E-state index contributed by atoms with van der Waals surface area (Å²) in [6.07, 6.45) is 1.48. The molecule has 0 saturated heterocycles. The molecule has 0 unspecified atom stereocenters. The number of hydrogen-bond acceptors (Lipinski definition) is 6. The van der Waals surface area contributed by atoms with Crippen LogP contribution in [0.25, 0.3) is 0 Å². The number of rotatable bonds is 6. The number of nitrogens with zero attached hydrogens (tertiary/aromatic N) is 2. The normalized spacial score (nSPS) is 11.4. The van der Waals surface area contributed by atoms with Gasteiger partial charge in [-0.05, 0) is 35.7 Å². The van der Waals surface area contributed by atoms with Crippen LogP contribution in [0.4, 0.5) is 5.82 Å². The van der Waals surface area contributed by atoms with E-state index in [0.717, 1.165) is 12.1 Å². The largest absolute Gasteiger partial charge is 0.313 e. The molecule has 0 saturated carbocycles. The number of hydrogen-bond donors (Lipinski definition) is 2. The third kappa shape index (κ3) is 3.72. The second kappa shape index (κ2) is 6.09. The zero-order chi connectivity index (χ0) is 13.7. The zero-order valence-corrected chi connectivity index (χ0v) is 12.0. The molecule has 2 N–H and O–H groups in total. The van der Waals surface area contributed by atoms with Crippen LogP contribution in [-0.4, -0.2) is 25.2 Å². The lowest BCUT2D eigenvalue weighted by molar-refractivity contribution is 0.602. The van der Waals surface area contributed by atoms with E-state index in [-0.39, 0.29) is 10.0 Å². The Morgan fingerprint density at radius 3 is 2.95 bits per heavy atom. The molecule has 0 atom stereocenters. The first-order valence-corrected chi connectivity index (χ1v) is 8.07. The molecule has 102 valence electrons. The van der Waals surface area contributed by atoms with Crippen molar-refractivity contribution in [2.45, 2.75) is 17.7 Å². The fraction of sp³-hybridized carbons (Fsp3) is 0.273. The van der Waals surface area contributed by atoms with E-state index in [1.165, 1.54) is 17.5 Å². The van der Waals surface area contributed by atoms with Gasteiger partial charge in [-0.2, -0.15) is 5.10 Å². The standard InChI is InChI=1S/C11H14N4O2S2/c1-2-12-7-9-6-11(18-8-9)19(16,17)15-10-4-3-5-13-14-10/h3-6,8,12H,2,7H2,1H3,(H,14,15). The van der Waals surface area contributed by atoms with Gasteiger partial charge in [-0.3, -0.25) is 4.72 Å². The van der Waals surface area contributed by atoms with Crippen molar-refractivity contribution in [1.29, 1.82) is 0 Å². The van der Waals surface area contributed by atoms with Gasteiger partial charge in [0.25, 0.3) is 10.0 Å². The van der Waals surface area contributed by atoms with Crippen molar-refractivity contribution >= 4 is 27.2 Å². The molecule has 19 heavy (non-hydrogen) atoms. The summed E-state index contributed by atoms with van der Waals surface area (Å²) in [5.74, 6) is 0.212. The molecule has 0 aliphatic rings. The Balaban J connectivity index is 2.13. The molecule has 0 fully saturated rings. The Bertz CT molecular complexity index is 625. The summed E-state index contributed by atoms with van der Waals surface area (Å²) < 4.78 is 26.9. The highest BCUT2D eigenvalue weighted by atomic mass is 32.2. The number of thiophene rings is 1. The lowest BCUT2D eigenvalue weighted by Crippen LogP contribution is -2.13. The van der Waals surface area contributed by atoms with Crippen LogP contribution in [0.1, 0.15) is 12.5 Å². The van der Waals surface area contributed by atoms with Gasteiger partial charge in [0.1, 0.15) is 4.21 Å². The molecule has 8 heteroatoms. The third-order valence-electron chi connectivity index (χ3n) is 2.28. The lowest BCUT2D eigenvalue weighted by Gasteiger charge is -2.03. The average molecular weight is 298 g/mol. The molecule has 6 nitrogen and oxygen atoms in total. The Kier molecular flexibility index (Phi) is 4.46. The molecular weight excluding hydrogens is 284 g/mol. The predicted molar refractivity (Wildman–Crippen MR) is 74.5 cm³/mol. The minimum Gasteiger partial charge on any atom is -0.313 e. The van der Waals surface area contributed by atoms with Crippen molar-refractivity contribution in [3.05, 3.63) is 35.3 Å². The van der Waals surface area contributed by atoms with E-state index in [0.29, 0.717) is 6.54 Å². The number of sulfonamides is 1. The van der Waals surface area contributed by atoms with Crippen molar-refractivity contribution in [1.82, 2.24) is 15.5 Å². The smallest absolute Gasteiger partial charge is 0.272 e. The van der Waals surface area contributed by atoms with E-state index in [4.69, 9.17) is 0 Å². The van der Waals surface area contributed by atoms with Crippen LogP contribution in [0.2, 0.25) is 0 Å². The maximum atomic E-state index is 12.1. The van der Waals surface area contributed by atoms with Gasteiger partial charge in [-0.25, -0.2) is 8.42 Å². The summed E-state index contributed by atoms with van der Waals surface area (Å²) >= 11 is 1.19. The van der Waals surface area contributed by atoms with Crippen LogP contribution >= 0.6 is 11.3 Å². The van der Waals surface area contributed by atoms with Crippen molar-refractivity contribution < 1.29 is 8.42 Å². The van der Waals surface area contributed by atoms with Gasteiger partial charge < -0.3 is 5.32 Å². The topological polar surface area (TPSA) is 84.0 Å². The Morgan fingerprint density at radius 2 is 2.26 bits per heavy atom. The van der Waals surface area contributed by atoms with Crippen molar-refractivity contribution in [3.8, 4) is 0 Å². The summed E-state index contributed by atoms with van der Waals surface area (Å²) in [5, 5.41) is 12.3. The summed E-state index contributed by atoms with van der Waals surface area (Å²) in [5.41, 5.74) is 0.950. The molecule has 0 amide bonds. The van der Waals surface area contributed by atoms with E-state index >= 15 is 0 Å². The molecule has 0 aromatic carbocycles. The molecule has 2 aromatic heterocycles. The van der Waals surface area contributed by atoms with Crippen molar-refractivity contribution in [2.24, 2.45) is 0 Å². The van der Waals surface area contributed by atoms with Crippen LogP contribution in [0.3, 0.4) is 0 Å². The quantitative estimate of drug-likeness (QED) is 0.843. The van der Waals surface area contributed by atoms with Crippen LogP contribution in [-0.2, 0) is 16.6 Å². The first kappa shape index (κ1) is 13.9. The monoisotopic (exact) mass is 298 g/mol. The van der Waals surface area contributed by atoms with Crippen LogP contribution in [0.15, 0.2) is 34.0 Å². The maximum absolute atomic E-state index is 12.1. The van der Waals surface area contributed by atoms with E-state index in [1.807, 2.05) is 12.3 Å². The molecule has 0 spiro atoms. The van der Waals surface area contributed by atoms with Gasteiger partial charge in [0, 0.05) is 12.7 Å². The number of nitrogens with one attached hydrogen (secondary N) is 2. The van der Waals surface area contributed by atoms with E-state index in [9.17, 15) is 8.42 Å². The minimum absolute atomic E-state index is 0.212. The Labute approximate surface area is 115 Å². The van der Waals surface area contributed by atoms with Gasteiger partial charge in [0.2, 0.25) is 0 Å². The summed E-state index contributed by atoms with van der Waals surface area (Å²) in [6, 6.07) is 4.83. The fourth-order valence-corrected chi connectivity index (χ4v) is 3.61. The summed E-state index contributed by atoms with van der Waals surface area (Å²) in [4.78, 5) is 0. The first-order chi connectivity index (χ1) is 9.12. The molecule has 2 rings (SSSR count). The SMILES string of the molecule is CCNCc1csc(S(=O)(=O)Nc2cccnn2)c1. The molecule has 2 heterocycles. The molecular formula is C11H14N4O2S2. The van der Waals surface area contributed by atoms with Crippen LogP contribution in [0, 0.1) is 0 Å². The highest BCUT2D eigenvalue weighted by Gasteiger charge is 2.17.